The Bertz CT molecular complexity index is 1760. The molecule has 3 saturated heterocycles. The van der Waals surface area contributed by atoms with Gasteiger partial charge >= 0.3 is 0 Å². The van der Waals surface area contributed by atoms with Gasteiger partial charge in [0.2, 0.25) is 0 Å². The van der Waals surface area contributed by atoms with Crippen LogP contribution >= 0.6 is 0 Å². The van der Waals surface area contributed by atoms with Crippen LogP contribution in [0, 0.1) is 50.2 Å². The molecule has 380 valence electrons. The minimum absolute atomic E-state index is 0.125. The van der Waals surface area contributed by atoms with Crippen LogP contribution in [0.5, 0.6) is 0 Å². The molecule has 0 bridgehead atoms. The number of hydrogen-bond acceptors (Lipinski definition) is 18. The van der Waals surface area contributed by atoms with Gasteiger partial charge in [-0.1, -0.05) is 60.1 Å². The largest absolute Gasteiger partial charge is 0.394 e. The fraction of sp³-hybridized carbons (Fsp3) is 0.958. The third-order valence-corrected chi connectivity index (χ3v) is 19.6. The topological polar surface area (TPSA) is 298 Å². The van der Waals surface area contributed by atoms with Crippen LogP contribution in [-0.2, 0) is 28.4 Å². The van der Waals surface area contributed by atoms with Crippen molar-refractivity contribution >= 4 is 0 Å². The summed E-state index contributed by atoms with van der Waals surface area (Å²) in [5.74, 6) is 0.212. The lowest BCUT2D eigenvalue weighted by atomic mass is 9.33. The molecule has 0 radical (unpaired) electrons. The van der Waals surface area contributed by atoms with Gasteiger partial charge in [-0.05, 0) is 103 Å². The van der Waals surface area contributed by atoms with E-state index in [0.29, 0.717) is 25.7 Å². The predicted octanol–water partition coefficient (Wildman–Crippen LogP) is -0.417. The molecule has 3 aliphatic heterocycles. The summed E-state index contributed by atoms with van der Waals surface area (Å²) in [6.07, 6.45) is -16.3. The van der Waals surface area contributed by atoms with Gasteiger partial charge < -0.3 is 89.7 Å². The lowest BCUT2D eigenvalue weighted by molar-refractivity contribution is -0.369. The number of hydrogen-bond donors (Lipinski definition) is 12. The molecule has 18 nitrogen and oxygen atoms in total. The minimum atomic E-state index is -1.74. The second-order valence-corrected chi connectivity index (χ2v) is 23.6. The third kappa shape index (κ3) is 7.74. The number of aliphatic hydroxyl groups is 12. The molecule has 0 aromatic heterocycles. The minimum Gasteiger partial charge on any atom is -0.394 e. The SMILES string of the molecule is C[C@@H]1O[C@@H](O[C@H]2[C@H](OC[C@@]34CC[C@]5(C)C(=CC[C@@H]6[C@@]7(C)CC[C@H](O[C@@H]8O[C@H](CO)[C@@H](O)[C@H](O)[C@H]8O)C(C)(C)[C@@H]7CC[C@]65C)[C@@H]3CC(C)(C)[C@@H](O)[C@@H]4O)O[C@H](CO)[C@@H](O)[C@@H]2O)[C@H](O)[C@H](O)[C@H]1O. The van der Waals surface area contributed by atoms with Crippen LogP contribution in [0.1, 0.15) is 107 Å². The molecule has 0 aromatic rings. The van der Waals surface area contributed by atoms with Gasteiger partial charge in [-0.3, -0.25) is 0 Å². The van der Waals surface area contributed by atoms with Crippen molar-refractivity contribution in [2.24, 2.45) is 50.2 Å². The molecule has 7 fully saturated rings. The van der Waals surface area contributed by atoms with Gasteiger partial charge in [-0.2, -0.15) is 0 Å². The van der Waals surface area contributed by atoms with E-state index in [2.05, 4.69) is 40.7 Å². The van der Waals surface area contributed by atoms with Crippen molar-refractivity contribution < 1.29 is 89.7 Å². The first-order valence-electron chi connectivity index (χ1n) is 24.4. The Morgan fingerprint density at radius 3 is 1.83 bits per heavy atom. The zero-order valence-corrected chi connectivity index (χ0v) is 39.8. The molecule has 3 heterocycles. The molecule has 8 aliphatic rings. The normalized spacial score (nSPS) is 55.7. The van der Waals surface area contributed by atoms with Crippen molar-refractivity contribution in [3.8, 4) is 0 Å². The van der Waals surface area contributed by atoms with E-state index in [1.807, 2.05) is 13.8 Å². The summed E-state index contributed by atoms with van der Waals surface area (Å²) in [6.45, 7) is 15.6. The van der Waals surface area contributed by atoms with Crippen LogP contribution in [0.2, 0.25) is 0 Å². The Kier molecular flexibility index (Phi) is 14.0. The van der Waals surface area contributed by atoms with Crippen molar-refractivity contribution in [3.63, 3.8) is 0 Å². The lowest BCUT2D eigenvalue weighted by Gasteiger charge is -2.72. The lowest BCUT2D eigenvalue weighted by Crippen LogP contribution is -2.69. The number of rotatable bonds is 9. The Balaban J connectivity index is 1.07. The van der Waals surface area contributed by atoms with E-state index in [9.17, 15) is 61.3 Å². The van der Waals surface area contributed by atoms with Gasteiger partial charge in [0.05, 0.1) is 44.2 Å². The summed E-state index contributed by atoms with van der Waals surface area (Å²) < 4.78 is 36.6. The highest BCUT2D eigenvalue weighted by Gasteiger charge is 2.71. The van der Waals surface area contributed by atoms with Crippen molar-refractivity contribution in [1.82, 2.24) is 0 Å². The van der Waals surface area contributed by atoms with E-state index in [0.717, 1.165) is 25.7 Å². The molecule has 66 heavy (non-hydrogen) atoms. The smallest absolute Gasteiger partial charge is 0.187 e. The highest BCUT2D eigenvalue weighted by molar-refractivity contribution is 5.35. The maximum atomic E-state index is 12.4. The highest BCUT2D eigenvalue weighted by Crippen LogP contribution is 2.76. The van der Waals surface area contributed by atoms with E-state index in [1.54, 1.807) is 0 Å². The van der Waals surface area contributed by atoms with E-state index in [1.165, 1.54) is 12.5 Å². The van der Waals surface area contributed by atoms with E-state index in [4.69, 9.17) is 28.4 Å². The number of aliphatic hydroxyl groups excluding tert-OH is 12. The maximum absolute atomic E-state index is 12.4. The molecule has 12 N–H and O–H groups in total. The fourth-order valence-electron chi connectivity index (χ4n) is 15.2. The summed E-state index contributed by atoms with van der Waals surface area (Å²) in [4.78, 5) is 0. The molecule has 25 atom stereocenters. The van der Waals surface area contributed by atoms with Gasteiger partial charge in [-0.25, -0.2) is 0 Å². The number of allylic oxidation sites excluding steroid dienone is 2. The standard InChI is InChI=1S/C48H80O18/c1-21-29(51)32(54)35(57)40(62-21)66-37-34(56)31(53)25(19-50)64-42(37)61-20-48-16-15-46(7)22(23(48)17-43(2,3)38(59)39(48)60)9-10-27-45(6)13-12-28(44(4,5)26(45)11-14-47(27,46)8)65-41-36(58)33(55)30(52)24(18-49)63-41/h9,21,23-42,49-60H,10-20H2,1-8H3/t21-,23-,24+,25+,26-,27+,28-,29-,30+,31+,32+,33-,34-,35+,36+,37+,38-,39-,40-,41-,42+,45-,46+,47+,48-/m0/s1. The molecular weight excluding hydrogens is 865 g/mol. The monoisotopic (exact) mass is 945 g/mol. The van der Waals surface area contributed by atoms with Crippen LogP contribution in [0.15, 0.2) is 11.6 Å². The quantitative estimate of drug-likeness (QED) is 0.103. The molecule has 4 saturated carbocycles. The zero-order valence-electron chi connectivity index (χ0n) is 39.8. The molecule has 18 heteroatoms. The van der Waals surface area contributed by atoms with Crippen molar-refractivity contribution in [2.75, 3.05) is 19.8 Å². The van der Waals surface area contributed by atoms with E-state index in [-0.39, 0.29) is 52.1 Å². The first-order chi connectivity index (χ1) is 30.7. The van der Waals surface area contributed by atoms with Gasteiger partial charge in [0.25, 0.3) is 0 Å². The number of fused-ring (bicyclic) bond motifs is 7. The van der Waals surface area contributed by atoms with E-state index >= 15 is 0 Å². The van der Waals surface area contributed by atoms with E-state index < -0.39 is 128 Å². The summed E-state index contributed by atoms with van der Waals surface area (Å²) in [7, 11) is 0. The molecular formula is C48H80O18. The van der Waals surface area contributed by atoms with Crippen molar-refractivity contribution in [3.05, 3.63) is 11.6 Å². The average molecular weight is 945 g/mol. The third-order valence-electron chi connectivity index (χ3n) is 19.6. The molecule has 0 aromatic carbocycles. The predicted molar refractivity (Wildman–Crippen MR) is 231 cm³/mol. The summed E-state index contributed by atoms with van der Waals surface area (Å²) >= 11 is 0. The Morgan fingerprint density at radius 2 is 1.20 bits per heavy atom. The Labute approximate surface area is 387 Å². The molecule has 0 amide bonds. The van der Waals surface area contributed by atoms with Gasteiger partial charge in [0.15, 0.2) is 18.9 Å². The van der Waals surface area contributed by atoms with Crippen molar-refractivity contribution in [1.29, 1.82) is 0 Å². The molecule has 0 spiro atoms. The summed E-state index contributed by atoms with van der Waals surface area (Å²) in [5, 5.41) is 130. The molecule has 5 aliphatic carbocycles. The fourth-order valence-corrected chi connectivity index (χ4v) is 15.2. The van der Waals surface area contributed by atoms with Crippen LogP contribution in [0.3, 0.4) is 0 Å². The van der Waals surface area contributed by atoms with Crippen LogP contribution < -0.4 is 0 Å². The Morgan fingerprint density at radius 1 is 0.606 bits per heavy atom. The first kappa shape index (κ1) is 51.4. The maximum Gasteiger partial charge on any atom is 0.187 e. The van der Waals surface area contributed by atoms with Gasteiger partial charge in [0.1, 0.15) is 67.1 Å². The molecule has 8 rings (SSSR count). The first-order valence-corrected chi connectivity index (χ1v) is 24.4. The number of ether oxygens (including phenoxy) is 6. The van der Waals surface area contributed by atoms with Crippen LogP contribution in [-0.4, -0.2) is 192 Å². The average Bonchev–Trinajstić information content (AvgIpc) is 3.26. The van der Waals surface area contributed by atoms with Gasteiger partial charge in [0, 0.05) is 5.41 Å². The summed E-state index contributed by atoms with van der Waals surface area (Å²) in [6, 6.07) is 0. The second-order valence-electron chi connectivity index (χ2n) is 23.6. The van der Waals surface area contributed by atoms with Gasteiger partial charge in [-0.15, -0.1) is 0 Å². The Hall–Kier alpha value is -0.980. The summed E-state index contributed by atoms with van der Waals surface area (Å²) in [5.41, 5.74) is -1.54. The second kappa shape index (κ2) is 17.9. The van der Waals surface area contributed by atoms with Crippen LogP contribution in [0.4, 0.5) is 0 Å². The zero-order chi connectivity index (χ0) is 48.4. The van der Waals surface area contributed by atoms with Crippen LogP contribution in [0.25, 0.3) is 0 Å². The molecule has 0 unspecified atom stereocenters. The van der Waals surface area contributed by atoms with Crippen molar-refractivity contribution in [2.45, 2.75) is 217 Å². The highest BCUT2D eigenvalue weighted by atomic mass is 16.8.